The summed E-state index contributed by atoms with van der Waals surface area (Å²) in [7, 11) is 4.11. The zero-order valence-electron chi connectivity index (χ0n) is 20.3. The minimum atomic E-state index is -0.328. The molecule has 35 heavy (non-hydrogen) atoms. The SMILES string of the molecule is Cc1cc(N2C[C@@H](CN(C)C)[C@H](O)C2)cc2c1-n1ccnc1-c1cc(-c3ccc(F)cc3)cn1C2. The summed E-state index contributed by atoms with van der Waals surface area (Å²) >= 11 is 0. The Morgan fingerprint density at radius 1 is 1.09 bits per heavy atom. The average Bonchev–Trinajstić information content (AvgIpc) is 3.52. The third-order valence-corrected chi connectivity index (χ3v) is 7.26. The Labute approximate surface area is 204 Å². The van der Waals surface area contributed by atoms with Gasteiger partial charge in [-0.25, -0.2) is 9.37 Å². The van der Waals surface area contributed by atoms with Gasteiger partial charge in [-0.3, -0.25) is 4.57 Å². The van der Waals surface area contributed by atoms with Crippen molar-refractivity contribution in [2.75, 3.05) is 38.6 Å². The number of anilines is 1. The van der Waals surface area contributed by atoms with E-state index in [9.17, 15) is 9.50 Å². The number of β-amino-alcohol motifs (C(OH)–C–C–N with tert-alkyl or cyclic N) is 1. The molecule has 0 bridgehead atoms. The molecule has 0 unspecified atom stereocenters. The summed E-state index contributed by atoms with van der Waals surface area (Å²) in [5, 5.41) is 10.7. The number of aryl methyl sites for hydroxylation is 1. The van der Waals surface area contributed by atoms with Gasteiger partial charge in [-0.2, -0.15) is 0 Å². The van der Waals surface area contributed by atoms with Gasteiger partial charge in [-0.15, -0.1) is 0 Å². The molecule has 4 aromatic rings. The lowest BCUT2D eigenvalue weighted by atomic mass is 10.0. The van der Waals surface area contributed by atoms with E-state index >= 15 is 0 Å². The van der Waals surface area contributed by atoms with Crippen LogP contribution in [0.5, 0.6) is 0 Å². The molecule has 2 atom stereocenters. The Hall–Kier alpha value is -3.42. The number of nitrogens with zero attached hydrogens (tertiary/aromatic N) is 5. The van der Waals surface area contributed by atoms with Crippen molar-refractivity contribution in [3.63, 3.8) is 0 Å². The number of rotatable bonds is 4. The van der Waals surface area contributed by atoms with Crippen LogP contribution in [0.1, 0.15) is 11.1 Å². The molecule has 2 aromatic carbocycles. The second-order valence-corrected chi connectivity index (χ2v) is 10.1. The van der Waals surface area contributed by atoms with E-state index in [1.807, 2.05) is 24.5 Å². The maximum atomic E-state index is 13.5. The van der Waals surface area contributed by atoms with Crippen LogP contribution in [0.3, 0.4) is 0 Å². The predicted octanol–water partition coefficient (Wildman–Crippen LogP) is 4.18. The highest BCUT2D eigenvalue weighted by Gasteiger charge is 2.32. The molecule has 0 amide bonds. The summed E-state index contributed by atoms with van der Waals surface area (Å²) in [5.74, 6) is 0.899. The second kappa shape index (κ2) is 8.36. The average molecular weight is 472 g/mol. The molecule has 1 fully saturated rings. The highest BCUT2D eigenvalue weighted by molar-refractivity contribution is 5.73. The van der Waals surface area contributed by atoms with Crippen molar-refractivity contribution in [3.05, 3.63) is 78.0 Å². The Kier molecular flexibility index (Phi) is 5.27. The summed E-state index contributed by atoms with van der Waals surface area (Å²) in [4.78, 5) is 9.16. The first-order valence-electron chi connectivity index (χ1n) is 12.1. The molecule has 2 aliphatic heterocycles. The molecule has 6 nitrogen and oxygen atoms in total. The van der Waals surface area contributed by atoms with Crippen molar-refractivity contribution >= 4 is 5.69 Å². The molecule has 0 saturated carbocycles. The molecule has 0 aliphatic carbocycles. The molecular weight excluding hydrogens is 441 g/mol. The molecule has 2 aromatic heterocycles. The fourth-order valence-corrected chi connectivity index (χ4v) is 5.68. The highest BCUT2D eigenvalue weighted by Crippen LogP contribution is 2.37. The molecule has 7 heteroatoms. The van der Waals surface area contributed by atoms with Gasteiger partial charge in [0.15, 0.2) is 5.82 Å². The fraction of sp³-hybridized carbons (Fsp3) is 0.321. The van der Waals surface area contributed by atoms with Crippen molar-refractivity contribution in [1.82, 2.24) is 19.0 Å². The van der Waals surface area contributed by atoms with Crippen LogP contribution in [-0.2, 0) is 6.54 Å². The molecule has 0 radical (unpaired) electrons. The number of benzene rings is 2. The van der Waals surface area contributed by atoms with Crippen LogP contribution in [0, 0.1) is 18.7 Å². The van der Waals surface area contributed by atoms with Crippen LogP contribution < -0.4 is 4.90 Å². The second-order valence-electron chi connectivity index (χ2n) is 10.1. The summed E-state index contributed by atoms with van der Waals surface area (Å²) in [6, 6.07) is 13.3. The number of halogens is 1. The van der Waals surface area contributed by atoms with Crippen LogP contribution in [0.2, 0.25) is 0 Å². The van der Waals surface area contributed by atoms with Gasteiger partial charge in [-0.05, 0) is 68.0 Å². The third kappa shape index (κ3) is 3.85. The van der Waals surface area contributed by atoms with Gasteiger partial charge in [0.2, 0.25) is 0 Å². The molecule has 1 N–H and O–H groups in total. The summed E-state index contributed by atoms with van der Waals surface area (Å²) in [6.07, 6.45) is 5.67. The predicted molar refractivity (Wildman–Crippen MR) is 136 cm³/mol. The maximum absolute atomic E-state index is 13.5. The zero-order valence-corrected chi connectivity index (χ0v) is 20.3. The standard InChI is InChI=1S/C28H30FN5O/c1-18-10-24(32-16-22(13-31(2)3)26(35)17-32)11-21-15-33-14-20(19-4-6-23(29)7-5-19)12-25(33)28-30-8-9-34(28)27(18)21/h4-12,14,22,26,35H,13,15-17H2,1-3H3/t22-,26-/m1/s1. The van der Waals surface area contributed by atoms with E-state index in [0.717, 1.165) is 47.1 Å². The van der Waals surface area contributed by atoms with Gasteiger partial charge in [0.1, 0.15) is 5.82 Å². The molecule has 0 spiro atoms. The summed E-state index contributed by atoms with van der Waals surface area (Å²) in [6.45, 7) is 5.23. The van der Waals surface area contributed by atoms with Gasteiger partial charge < -0.3 is 19.5 Å². The van der Waals surface area contributed by atoms with E-state index in [1.165, 1.54) is 23.3 Å². The maximum Gasteiger partial charge on any atom is 0.161 e. The lowest BCUT2D eigenvalue weighted by Crippen LogP contribution is -2.29. The largest absolute Gasteiger partial charge is 0.391 e. The van der Waals surface area contributed by atoms with Crippen LogP contribution >= 0.6 is 0 Å². The Balaban J connectivity index is 1.41. The number of aromatic nitrogens is 3. The van der Waals surface area contributed by atoms with E-state index in [2.05, 4.69) is 64.3 Å². The first-order valence-corrected chi connectivity index (χ1v) is 12.1. The molecule has 4 heterocycles. The third-order valence-electron chi connectivity index (χ3n) is 7.26. The smallest absolute Gasteiger partial charge is 0.161 e. The molecule has 6 rings (SSSR count). The number of hydrogen-bond acceptors (Lipinski definition) is 4. The fourth-order valence-electron chi connectivity index (χ4n) is 5.68. The van der Waals surface area contributed by atoms with Crippen molar-refractivity contribution in [2.45, 2.75) is 19.6 Å². The summed E-state index contributed by atoms with van der Waals surface area (Å²) in [5.41, 5.74) is 7.77. The lowest BCUT2D eigenvalue weighted by Gasteiger charge is -2.23. The van der Waals surface area contributed by atoms with Crippen LogP contribution in [-0.4, -0.2) is 64.0 Å². The van der Waals surface area contributed by atoms with E-state index in [0.29, 0.717) is 13.1 Å². The van der Waals surface area contributed by atoms with Crippen molar-refractivity contribution in [2.24, 2.45) is 5.92 Å². The first-order chi connectivity index (χ1) is 16.9. The number of fused-ring (bicyclic) bond motifs is 5. The summed E-state index contributed by atoms with van der Waals surface area (Å²) < 4.78 is 17.9. The van der Waals surface area contributed by atoms with Gasteiger partial charge in [0, 0.05) is 61.9 Å². The monoisotopic (exact) mass is 471 g/mol. The molecular formula is C28H30FN5O. The van der Waals surface area contributed by atoms with Crippen molar-refractivity contribution in [3.8, 4) is 28.3 Å². The Morgan fingerprint density at radius 2 is 1.89 bits per heavy atom. The molecule has 2 aliphatic rings. The normalized spacial score (nSPS) is 19.0. The van der Waals surface area contributed by atoms with Crippen molar-refractivity contribution < 1.29 is 9.50 Å². The van der Waals surface area contributed by atoms with Gasteiger partial charge in [0.05, 0.1) is 17.5 Å². The topological polar surface area (TPSA) is 49.5 Å². The van der Waals surface area contributed by atoms with Crippen molar-refractivity contribution in [1.29, 1.82) is 0 Å². The highest BCUT2D eigenvalue weighted by atomic mass is 19.1. The first kappa shape index (κ1) is 22.1. The zero-order chi connectivity index (χ0) is 24.3. The molecule has 180 valence electrons. The van der Waals surface area contributed by atoms with Crippen LogP contribution in [0.4, 0.5) is 10.1 Å². The number of aliphatic hydroxyl groups is 1. The van der Waals surface area contributed by atoms with Gasteiger partial charge in [0.25, 0.3) is 0 Å². The van der Waals surface area contributed by atoms with Gasteiger partial charge in [-0.1, -0.05) is 12.1 Å². The van der Waals surface area contributed by atoms with Crippen LogP contribution in [0.15, 0.2) is 61.1 Å². The Bertz CT molecular complexity index is 1390. The van der Waals surface area contributed by atoms with E-state index in [4.69, 9.17) is 4.98 Å². The van der Waals surface area contributed by atoms with E-state index in [1.54, 1.807) is 0 Å². The minimum Gasteiger partial charge on any atom is -0.391 e. The minimum absolute atomic E-state index is 0.234. The Morgan fingerprint density at radius 3 is 2.66 bits per heavy atom. The number of hydrogen-bond donors (Lipinski definition) is 1. The van der Waals surface area contributed by atoms with E-state index < -0.39 is 0 Å². The lowest BCUT2D eigenvalue weighted by molar-refractivity contribution is 0.130. The quantitative estimate of drug-likeness (QED) is 0.427. The number of imidazole rings is 1. The molecule has 1 saturated heterocycles. The van der Waals surface area contributed by atoms with Crippen LogP contribution in [0.25, 0.3) is 28.3 Å². The van der Waals surface area contributed by atoms with E-state index in [-0.39, 0.29) is 17.8 Å². The van der Waals surface area contributed by atoms with Gasteiger partial charge >= 0.3 is 0 Å². The number of aliphatic hydroxyl groups excluding tert-OH is 1.